The lowest BCUT2D eigenvalue weighted by Crippen LogP contribution is -2.27. The average Bonchev–Trinajstić information content (AvgIpc) is 2.05. The largest absolute Gasteiger partial charge is 0.251 e. The molecule has 0 aromatic rings. The second-order valence-corrected chi connectivity index (χ2v) is 3.84. The molecule has 1 aliphatic heterocycles. The Kier molecular flexibility index (Phi) is 3.57. The summed E-state index contributed by atoms with van der Waals surface area (Å²) in [6, 6.07) is 0. The second-order valence-electron chi connectivity index (χ2n) is 2.96. The highest BCUT2D eigenvalue weighted by Gasteiger charge is 2.16. The van der Waals surface area contributed by atoms with Gasteiger partial charge >= 0.3 is 0 Å². The van der Waals surface area contributed by atoms with Crippen LogP contribution in [0.25, 0.3) is 0 Å². The molecule has 0 aliphatic carbocycles. The van der Waals surface area contributed by atoms with E-state index in [1.165, 1.54) is 32.4 Å². The number of hydrogen-bond donors (Lipinski definition) is 0. The van der Waals surface area contributed by atoms with E-state index >= 15 is 0 Å². The number of piperidine rings is 1. The lowest BCUT2D eigenvalue weighted by atomic mass is 9.96. The molecule has 0 aromatic carbocycles. The van der Waals surface area contributed by atoms with Crippen LogP contribution in [0.1, 0.15) is 26.2 Å². The van der Waals surface area contributed by atoms with Crippen LogP contribution in [-0.4, -0.2) is 23.7 Å². The fourth-order valence-electron chi connectivity index (χ4n) is 1.50. The number of rotatable bonds is 2. The Hall–Kier alpha value is 0.310. The van der Waals surface area contributed by atoms with Crippen LogP contribution in [0.4, 0.5) is 0 Å². The summed E-state index contributed by atoms with van der Waals surface area (Å²) in [7, 11) is 0. The second kappa shape index (κ2) is 4.24. The van der Waals surface area contributed by atoms with Crippen LogP contribution in [-0.2, 0) is 0 Å². The molecule has 60 valence electrons. The van der Waals surface area contributed by atoms with Gasteiger partial charge in [0, 0.05) is 13.1 Å². The van der Waals surface area contributed by atoms with Gasteiger partial charge in [0.2, 0.25) is 0 Å². The van der Waals surface area contributed by atoms with Crippen LogP contribution in [0.2, 0.25) is 0 Å². The van der Waals surface area contributed by atoms with Crippen molar-refractivity contribution in [1.29, 1.82) is 0 Å². The molecular weight excluding hydrogens is 142 g/mol. The first kappa shape index (κ1) is 8.41. The smallest absolute Gasteiger partial charge is 0.00918 e. The van der Waals surface area contributed by atoms with Gasteiger partial charge in [-0.3, -0.25) is 4.31 Å². The Morgan fingerprint density at radius 2 is 2.00 bits per heavy atom. The van der Waals surface area contributed by atoms with Gasteiger partial charge < -0.3 is 0 Å². The van der Waals surface area contributed by atoms with Gasteiger partial charge in [0.25, 0.3) is 0 Å². The third-order valence-corrected chi connectivity index (χ3v) is 3.29. The summed E-state index contributed by atoms with van der Waals surface area (Å²) in [5.41, 5.74) is 0. The molecule has 1 fully saturated rings. The molecule has 0 atom stereocenters. The molecule has 0 bridgehead atoms. The van der Waals surface area contributed by atoms with Crippen LogP contribution in [0.15, 0.2) is 0 Å². The van der Waals surface area contributed by atoms with E-state index in [9.17, 15) is 0 Å². The van der Waals surface area contributed by atoms with Gasteiger partial charge in [0.1, 0.15) is 0 Å². The van der Waals surface area contributed by atoms with Crippen molar-refractivity contribution < 1.29 is 0 Å². The van der Waals surface area contributed by atoms with E-state index < -0.39 is 0 Å². The minimum absolute atomic E-state index is 1.02. The molecule has 0 unspecified atom stereocenters. The molecule has 0 spiro atoms. The highest BCUT2D eigenvalue weighted by Crippen LogP contribution is 2.22. The molecule has 1 nitrogen and oxygen atoms in total. The maximum atomic E-state index is 2.46. The summed E-state index contributed by atoms with van der Waals surface area (Å²) in [6.07, 6.45) is 6.38. The minimum atomic E-state index is 1.02. The molecule has 1 rings (SSSR count). The predicted molar refractivity (Wildman–Crippen MR) is 48.1 cm³/mol. The Labute approximate surface area is 68.3 Å². The lowest BCUT2D eigenvalue weighted by Gasteiger charge is -2.29. The van der Waals surface area contributed by atoms with Crippen LogP contribution in [0.5, 0.6) is 0 Å². The van der Waals surface area contributed by atoms with Gasteiger partial charge in [-0.05, 0) is 25.0 Å². The summed E-state index contributed by atoms with van der Waals surface area (Å²) >= 11 is 1.89. The number of hydrogen-bond acceptors (Lipinski definition) is 2. The Morgan fingerprint density at radius 3 is 2.40 bits per heavy atom. The standard InChI is InChI=1S/C8H17NS/c1-3-8-4-6-9(10-2)7-5-8/h8H,3-7H2,1-2H3. The normalized spacial score (nSPS) is 23.4. The molecule has 10 heavy (non-hydrogen) atoms. The van der Waals surface area contributed by atoms with Gasteiger partial charge in [-0.15, -0.1) is 0 Å². The topological polar surface area (TPSA) is 3.24 Å². The maximum Gasteiger partial charge on any atom is 0.00918 e. The SMILES string of the molecule is CCC1CCN(SC)CC1. The van der Waals surface area contributed by atoms with E-state index in [1.54, 1.807) is 0 Å². The molecule has 0 radical (unpaired) electrons. The first-order chi connectivity index (χ1) is 4.86. The quantitative estimate of drug-likeness (QED) is 0.569. The zero-order valence-electron chi connectivity index (χ0n) is 6.97. The van der Waals surface area contributed by atoms with E-state index in [2.05, 4.69) is 17.5 Å². The molecule has 0 aromatic heterocycles. The molecular formula is C8H17NS. The van der Waals surface area contributed by atoms with E-state index in [4.69, 9.17) is 0 Å². The van der Waals surface area contributed by atoms with Crippen molar-refractivity contribution in [3.05, 3.63) is 0 Å². The van der Waals surface area contributed by atoms with Crippen LogP contribution in [0, 0.1) is 5.92 Å². The summed E-state index contributed by atoms with van der Waals surface area (Å²) in [6.45, 7) is 4.92. The van der Waals surface area contributed by atoms with E-state index in [-0.39, 0.29) is 0 Å². The summed E-state index contributed by atoms with van der Waals surface area (Å²) in [4.78, 5) is 0. The molecule has 1 aliphatic rings. The molecule has 0 saturated carbocycles. The van der Waals surface area contributed by atoms with Crippen molar-refractivity contribution in [3.63, 3.8) is 0 Å². The van der Waals surface area contributed by atoms with Crippen LogP contribution < -0.4 is 0 Å². The molecule has 1 heterocycles. The first-order valence-corrected chi connectivity index (χ1v) is 5.34. The van der Waals surface area contributed by atoms with E-state index in [0.717, 1.165) is 5.92 Å². The zero-order valence-corrected chi connectivity index (χ0v) is 7.78. The highest BCUT2D eigenvalue weighted by molar-refractivity contribution is 7.96. The van der Waals surface area contributed by atoms with Crippen molar-refractivity contribution in [2.75, 3.05) is 19.3 Å². The van der Waals surface area contributed by atoms with Crippen LogP contribution in [0.3, 0.4) is 0 Å². The fourth-order valence-corrected chi connectivity index (χ4v) is 2.08. The monoisotopic (exact) mass is 159 g/mol. The highest BCUT2D eigenvalue weighted by atomic mass is 32.2. The molecule has 1 saturated heterocycles. The van der Waals surface area contributed by atoms with Crippen LogP contribution >= 0.6 is 11.9 Å². The lowest BCUT2D eigenvalue weighted by molar-refractivity contribution is 0.286. The zero-order chi connectivity index (χ0) is 7.40. The third-order valence-electron chi connectivity index (χ3n) is 2.41. The molecule has 0 amide bonds. The van der Waals surface area contributed by atoms with Gasteiger partial charge in [0.05, 0.1) is 0 Å². The summed E-state index contributed by atoms with van der Waals surface area (Å²) in [5.74, 6) is 1.02. The van der Waals surface area contributed by atoms with Gasteiger partial charge in [0.15, 0.2) is 0 Å². The minimum Gasteiger partial charge on any atom is -0.251 e. The van der Waals surface area contributed by atoms with Crippen molar-refractivity contribution in [2.24, 2.45) is 5.92 Å². The van der Waals surface area contributed by atoms with Gasteiger partial charge in [-0.2, -0.15) is 0 Å². The van der Waals surface area contributed by atoms with Crippen molar-refractivity contribution in [1.82, 2.24) is 4.31 Å². The Balaban J connectivity index is 2.17. The van der Waals surface area contributed by atoms with Gasteiger partial charge in [-0.25, -0.2) is 0 Å². The van der Waals surface area contributed by atoms with Crippen molar-refractivity contribution in [2.45, 2.75) is 26.2 Å². The maximum absolute atomic E-state index is 2.46. The molecule has 0 N–H and O–H groups in total. The summed E-state index contributed by atoms with van der Waals surface area (Å²) < 4.78 is 2.46. The molecule has 2 heteroatoms. The summed E-state index contributed by atoms with van der Waals surface area (Å²) in [5, 5.41) is 0. The van der Waals surface area contributed by atoms with E-state index in [1.807, 2.05) is 11.9 Å². The number of nitrogens with zero attached hydrogens (tertiary/aromatic N) is 1. The Morgan fingerprint density at radius 1 is 1.40 bits per heavy atom. The van der Waals surface area contributed by atoms with Crippen molar-refractivity contribution >= 4 is 11.9 Å². The average molecular weight is 159 g/mol. The Bertz CT molecular complexity index is 75.3. The predicted octanol–water partition coefficient (Wildman–Crippen LogP) is 2.39. The van der Waals surface area contributed by atoms with Gasteiger partial charge in [-0.1, -0.05) is 25.3 Å². The third kappa shape index (κ3) is 2.17. The van der Waals surface area contributed by atoms with Crippen molar-refractivity contribution in [3.8, 4) is 0 Å². The van der Waals surface area contributed by atoms with E-state index in [0.29, 0.717) is 0 Å². The fraction of sp³-hybridized carbons (Fsp3) is 1.00. The first-order valence-electron chi connectivity index (χ1n) is 4.16.